The van der Waals surface area contributed by atoms with Crippen molar-refractivity contribution in [2.75, 3.05) is 23.9 Å². The van der Waals surface area contributed by atoms with E-state index in [1.165, 1.54) is 0 Å². The second-order valence-electron chi connectivity index (χ2n) is 3.89. The predicted molar refractivity (Wildman–Crippen MR) is 69.7 cm³/mol. The zero-order valence-electron chi connectivity index (χ0n) is 9.17. The molecule has 0 aliphatic rings. The number of nitrogens with zero attached hydrogens (tertiary/aromatic N) is 1. The fourth-order valence-corrected chi connectivity index (χ4v) is 1.32. The molecule has 0 aromatic carbocycles. The molecule has 0 aliphatic heterocycles. The third-order valence-corrected chi connectivity index (χ3v) is 3.59. The number of aromatic nitrogens is 1. The Balaban J connectivity index is 2.69. The molecule has 3 nitrogen and oxygen atoms in total. The lowest BCUT2D eigenvalue weighted by Gasteiger charge is -2.23. The summed E-state index contributed by atoms with van der Waals surface area (Å²) in [5.74, 6) is 0.657. The van der Waals surface area contributed by atoms with E-state index in [0.29, 0.717) is 16.7 Å². The van der Waals surface area contributed by atoms with Crippen LogP contribution in [-0.4, -0.2) is 22.5 Å². The molecular weight excluding hydrogens is 230 g/mol. The van der Waals surface area contributed by atoms with Crippen LogP contribution in [0.5, 0.6) is 0 Å². The minimum atomic E-state index is 0.149. The van der Waals surface area contributed by atoms with Crippen LogP contribution in [0.25, 0.3) is 0 Å². The molecule has 0 spiro atoms. The monoisotopic (exact) mass is 245 g/mol. The molecule has 0 fully saturated rings. The van der Waals surface area contributed by atoms with Gasteiger partial charge in [-0.15, -0.1) is 0 Å². The van der Waals surface area contributed by atoms with Crippen LogP contribution in [0.1, 0.15) is 13.8 Å². The molecule has 0 amide bonds. The lowest BCUT2D eigenvalue weighted by molar-refractivity contribution is 0.750. The summed E-state index contributed by atoms with van der Waals surface area (Å²) in [5.41, 5.74) is 6.39. The Labute approximate surface area is 99.8 Å². The van der Waals surface area contributed by atoms with Gasteiger partial charge in [0.15, 0.2) is 5.82 Å². The van der Waals surface area contributed by atoms with E-state index in [0.717, 1.165) is 6.54 Å². The van der Waals surface area contributed by atoms with Gasteiger partial charge >= 0.3 is 0 Å². The zero-order valence-corrected chi connectivity index (χ0v) is 10.7. The van der Waals surface area contributed by atoms with Crippen LogP contribution in [0.2, 0.25) is 5.15 Å². The molecule has 0 saturated carbocycles. The summed E-state index contributed by atoms with van der Waals surface area (Å²) in [6.45, 7) is 5.11. The van der Waals surface area contributed by atoms with Crippen LogP contribution in [0.15, 0.2) is 12.1 Å². The van der Waals surface area contributed by atoms with Gasteiger partial charge in [-0.05, 0) is 32.2 Å². The Bertz CT molecular complexity index is 341. The van der Waals surface area contributed by atoms with Crippen LogP contribution >= 0.6 is 23.4 Å². The molecule has 1 rings (SSSR count). The van der Waals surface area contributed by atoms with E-state index in [2.05, 4.69) is 30.4 Å². The van der Waals surface area contributed by atoms with Crippen molar-refractivity contribution >= 4 is 34.9 Å². The summed E-state index contributed by atoms with van der Waals surface area (Å²) in [5, 5.41) is 3.66. The van der Waals surface area contributed by atoms with Crippen molar-refractivity contribution in [2.45, 2.75) is 18.6 Å². The third kappa shape index (κ3) is 3.80. The maximum absolute atomic E-state index is 5.79. The van der Waals surface area contributed by atoms with Gasteiger partial charge < -0.3 is 11.1 Å². The Morgan fingerprint density at radius 3 is 2.80 bits per heavy atom. The van der Waals surface area contributed by atoms with E-state index in [1.54, 1.807) is 23.9 Å². The van der Waals surface area contributed by atoms with Gasteiger partial charge in [0.25, 0.3) is 0 Å². The van der Waals surface area contributed by atoms with Crippen molar-refractivity contribution in [2.24, 2.45) is 0 Å². The molecule has 1 aromatic rings. The lowest BCUT2D eigenvalue weighted by Crippen LogP contribution is -2.26. The summed E-state index contributed by atoms with van der Waals surface area (Å²) in [6, 6.07) is 3.44. The minimum absolute atomic E-state index is 0.149. The van der Waals surface area contributed by atoms with Gasteiger partial charge in [0.05, 0.1) is 5.69 Å². The van der Waals surface area contributed by atoms with E-state index in [1.807, 2.05) is 0 Å². The number of pyridine rings is 1. The van der Waals surface area contributed by atoms with Gasteiger partial charge in [-0.2, -0.15) is 11.8 Å². The number of rotatable bonds is 4. The van der Waals surface area contributed by atoms with E-state index in [4.69, 9.17) is 17.3 Å². The first-order valence-corrected chi connectivity index (χ1v) is 6.26. The lowest BCUT2D eigenvalue weighted by atomic mass is 10.2. The molecule has 5 heteroatoms. The van der Waals surface area contributed by atoms with Crippen molar-refractivity contribution in [1.82, 2.24) is 4.98 Å². The molecule has 3 N–H and O–H groups in total. The average Bonchev–Trinajstić information content (AvgIpc) is 2.20. The van der Waals surface area contributed by atoms with E-state index in [9.17, 15) is 0 Å². The quantitative estimate of drug-likeness (QED) is 0.801. The van der Waals surface area contributed by atoms with Crippen molar-refractivity contribution in [3.8, 4) is 0 Å². The van der Waals surface area contributed by atoms with Gasteiger partial charge in [0.1, 0.15) is 5.15 Å². The standard InChI is InChI=1S/C10H16ClN3S/c1-10(2,15-3)6-13-9-7(12)4-5-8(11)14-9/h4-5H,6,12H2,1-3H3,(H,13,14). The highest BCUT2D eigenvalue weighted by Crippen LogP contribution is 2.24. The molecule has 0 atom stereocenters. The summed E-state index contributed by atoms with van der Waals surface area (Å²) in [6.07, 6.45) is 2.08. The van der Waals surface area contributed by atoms with Crippen LogP contribution in [0.3, 0.4) is 0 Å². The maximum atomic E-state index is 5.79. The first-order valence-electron chi connectivity index (χ1n) is 4.66. The maximum Gasteiger partial charge on any atom is 0.151 e. The summed E-state index contributed by atoms with van der Waals surface area (Å²) in [7, 11) is 0. The number of nitrogens with two attached hydrogens (primary N) is 1. The highest BCUT2D eigenvalue weighted by Gasteiger charge is 2.16. The van der Waals surface area contributed by atoms with E-state index in [-0.39, 0.29) is 4.75 Å². The van der Waals surface area contributed by atoms with Crippen LogP contribution in [0.4, 0.5) is 11.5 Å². The number of thioether (sulfide) groups is 1. The predicted octanol–water partition coefficient (Wildman–Crippen LogP) is 2.87. The molecule has 0 unspecified atom stereocenters. The van der Waals surface area contributed by atoms with Crippen LogP contribution in [-0.2, 0) is 0 Å². The fourth-order valence-electron chi connectivity index (χ4n) is 0.956. The molecule has 0 bridgehead atoms. The Kier molecular flexibility index (Phi) is 4.11. The van der Waals surface area contributed by atoms with E-state index < -0.39 is 0 Å². The molecular formula is C10H16ClN3S. The van der Waals surface area contributed by atoms with Crippen molar-refractivity contribution in [1.29, 1.82) is 0 Å². The summed E-state index contributed by atoms with van der Waals surface area (Å²) in [4.78, 5) is 4.13. The Hall–Kier alpha value is -0.610. The third-order valence-electron chi connectivity index (χ3n) is 2.13. The number of halogens is 1. The number of hydrogen-bond donors (Lipinski definition) is 2. The number of hydrogen-bond acceptors (Lipinski definition) is 4. The molecule has 1 heterocycles. The van der Waals surface area contributed by atoms with Crippen molar-refractivity contribution < 1.29 is 0 Å². The fraction of sp³-hybridized carbons (Fsp3) is 0.500. The van der Waals surface area contributed by atoms with Crippen LogP contribution in [0, 0.1) is 0 Å². The minimum Gasteiger partial charge on any atom is -0.396 e. The molecule has 0 radical (unpaired) electrons. The number of nitrogen functional groups attached to an aromatic ring is 1. The molecule has 84 valence electrons. The molecule has 0 saturated heterocycles. The van der Waals surface area contributed by atoms with Gasteiger partial charge in [0, 0.05) is 11.3 Å². The number of anilines is 2. The highest BCUT2D eigenvalue weighted by molar-refractivity contribution is 7.99. The largest absolute Gasteiger partial charge is 0.396 e. The molecule has 0 aliphatic carbocycles. The molecule has 15 heavy (non-hydrogen) atoms. The van der Waals surface area contributed by atoms with Gasteiger partial charge in [0.2, 0.25) is 0 Å². The van der Waals surface area contributed by atoms with Crippen molar-refractivity contribution in [3.63, 3.8) is 0 Å². The SMILES string of the molecule is CSC(C)(C)CNc1nc(Cl)ccc1N. The van der Waals surface area contributed by atoms with Gasteiger partial charge in [-0.3, -0.25) is 0 Å². The second kappa shape index (κ2) is 4.94. The average molecular weight is 246 g/mol. The van der Waals surface area contributed by atoms with Gasteiger partial charge in [-0.1, -0.05) is 11.6 Å². The Morgan fingerprint density at radius 2 is 2.20 bits per heavy atom. The summed E-state index contributed by atoms with van der Waals surface area (Å²) < 4.78 is 0.149. The van der Waals surface area contributed by atoms with Crippen molar-refractivity contribution in [3.05, 3.63) is 17.3 Å². The second-order valence-corrected chi connectivity index (χ2v) is 5.79. The highest BCUT2D eigenvalue weighted by atomic mass is 35.5. The van der Waals surface area contributed by atoms with E-state index >= 15 is 0 Å². The Morgan fingerprint density at radius 1 is 1.53 bits per heavy atom. The molecule has 1 aromatic heterocycles. The summed E-state index contributed by atoms with van der Waals surface area (Å²) >= 11 is 7.58. The normalized spacial score (nSPS) is 11.5. The topological polar surface area (TPSA) is 50.9 Å². The first kappa shape index (κ1) is 12.5. The first-order chi connectivity index (χ1) is 6.94. The number of nitrogens with one attached hydrogen (secondary N) is 1. The van der Waals surface area contributed by atoms with Gasteiger partial charge in [-0.25, -0.2) is 4.98 Å². The van der Waals surface area contributed by atoms with Crippen LogP contribution < -0.4 is 11.1 Å². The zero-order chi connectivity index (χ0) is 11.5. The smallest absolute Gasteiger partial charge is 0.151 e.